The maximum Gasteiger partial charge on any atom is 0.123 e. The number of hydrogen-bond donors (Lipinski definition) is 0. The zero-order valence-electron chi connectivity index (χ0n) is 28.5. The monoisotopic (exact) mass is 684 g/mol. The molecule has 1 aliphatic carbocycles. The van der Waals surface area contributed by atoms with E-state index in [1.807, 2.05) is 24.3 Å². The number of hydrogen-bond acceptors (Lipinski definition) is 0. The number of fused-ring (bicyclic) bond motifs is 9. The van der Waals surface area contributed by atoms with Gasteiger partial charge >= 0.3 is 0 Å². The van der Waals surface area contributed by atoms with Crippen LogP contribution in [-0.4, -0.2) is 9.13 Å². The lowest BCUT2D eigenvalue weighted by Crippen LogP contribution is -1.93. The highest BCUT2D eigenvalue weighted by Gasteiger charge is 2.21. The average Bonchev–Trinajstić information content (AvgIpc) is 3.85. The van der Waals surface area contributed by atoms with Crippen LogP contribution in [0.25, 0.3) is 88.4 Å². The molecule has 0 fully saturated rings. The molecule has 4 heteroatoms. The minimum absolute atomic E-state index is 0.241. The third kappa shape index (κ3) is 4.62. The Hall–Kier alpha value is -6.78. The minimum atomic E-state index is -0.241. The van der Waals surface area contributed by atoms with Gasteiger partial charge in [-0.15, -0.1) is 0 Å². The van der Waals surface area contributed by atoms with Gasteiger partial charge in [0.25, 0.3) is 0 Å². The Morgan fingerprint density at radius 1 is 0.340 bits per heavy atom. The number of nitrogens with zero attached hydrogens (tertiary/aromatic N) is 2. The van der Waals surface area contributed by atoms with Crippen molar-refractivity contribution in [2.75, 3.05) is 0 Å². The van der Waals surface area contributed by atoms with E-state index >= 15 is 0 Å². The highest BCUT2D eigenvalue weighted by atomic mass is 19.1. The van der Waals surface area contributed by atoms with Gasteiger partial charge in [0.05, 0.1) is 22.1 Å². The third-order valence-corrected chi connectivity index (χ3v) is 11.1. The molecular weight excluding hydrogens is 655 g/mol. The Labute approximate surface area is 304 Å². The summed E-state index contributed by atoms with van der Waals surface area (Å²) in [5.74, 6) is -0.481. The second kappa shape index (κ2) is 11.4. The molecule has 1 aliphatic rings. The first-order valence-corrected chi connectivity index (χ1v) is 17.9. The number of para-hydroxylation sites is 2. The lowest BCUT2D eigenvalue weighted by Gasteiger charge is -2.10. The molecule has 0 spiro atoms. The fourth-order valence-electron chi connectivity index (χ4n) is 8.57. The average molecular weight is 685 g/mol. The van der Waals surface area contributed by atoms with Crippen LogP contribution < -0.4 is 0 Å². The lowest BCUT2D eigenvalue weighted by atomic mass is 9.95. The molecule has 0 atom stereocenters. The number of benzene rings is 8. The van der Waals surface area contributed by atoms with Gasteiger partial charge < -0.3 is 9.13 Å². The van der Waals surface area contributed by atoms with Crippen molar-refractivity contribution in [2.45, 2.75) is 6.42 Å². The summed E-state index contributed by atoms with van der Waals surface area (Å²) in [6, 6.07) is 57.4. The van der Waals surface area contributed by atoms with Crippen molar-refractivity contribution in [3.63, 3.8) is 0 Å². The molecule has 53 heavy (non-hydrogen) atoms. The molecular formula is C49H30F2N2. The van der Waals surface area contributed by atoms with Gasteiger partial charge in [0.15, 0.2) is 0 Å². The normalized spacial score (nSPS) is 12.3. The molecule has 0 bridgehead atoms. The first kappa shape index (κ1) is 29.9. The summed E-state index contributed by atoms with van der Waals surface area (Å²) in [6.07, 6.45) is 0.916. The molecule has 0 saturated heterocycles. The van der Waals surface area contributed by atoms with Gasteiger partial charge in [-0.1, -0.05) is 72.8 Å². The Kier molecular flexibility index (Phi) is 6.41. The van der Waals surface area contributed by atoms with Crippen molar-refractivity contribution in [1.29, 1.82) is 0 Å². The van der Waals surface area contributed by atoms with Crippen LogP contribution in [0.1, 0.15) is 11.1 Å². The van der Waals surface area contributed by atoms with Gasteiger partial charge in [-0.05, 0) is 148 Å². The highest BCUT2D eigenvalue weighted by Crippen LogP contribution is 2.43. The molecule has 250 valence electrons. The van der Waals surface area contributed by atoms with E-state index in [9.17, 15) is 8.78 Å². The van der Waals surface area contributed by atoms with E-state index in [4.69, 9.17) is 0 Å². The second-order valence-corrected chi connectivity index (χ2v) is 14.0. The quantitative estimate of drug-likeness (QED) is 0.175. The maximum absolute atomic E-state index is 13.8. The van der Waals surface area contributed by atoms with Crippen molar-refractivity contribution in [3.8, 4) is 44.8 Å². The lowest BCUT2D eigenvalue weighted by molar-refractivity contribution is 0.627. The van der Waals surface area contributed by atoms with Crippen LogP contribution in [0.15, 0.2) is 170 Å². The molecule has 2 nitrogen and oxygen atoms in total. The van der Waals surface area contributed by atoms with E-state index in [-0.39, 0.29) is 11.6 Å². The molecule has 2 aromatic heterocycles. The van der Waals surface area contributed by atoms with Crippen LogP contribution in [0.4, 0.5) is 8.78 Å². The van der Waals surface area contributed by atoms with Crippen molar-refractivity contribution in [2.24, 2.45) is 0 Å². The summed E-state index contributed by atoms with van der Waals surface area (Å²) < 4.78 is 32.1. The first-order valence-electron chi connectivity index (χ1n) is 17.9. The predicted octanol–water partition coefficient (Wildman–Crippen LogP) is 13.1. The van der Waals surface area contributed by atoms with Gasteiger partial charge in [0.1, 0.15) is 11.6 Å². The molecule has 8 aromatic carbocycles. The third-order valence-electron chi connectivity index (χ3n) is 11.1. The molecule has 11 rings (SSSR count). The zero-order chi connectivity index (χ0) is 35.2. The highest BCUT2D eigenvalue weighted by molar-refractivity contribution is 6.11. The predicted molar refractivity (Wildman–Crippen MR) is 214 cm³/mol. The molecule has 0 unspecified atom stereocenters. The standard InChI is InChI=1S/C49H30F2N2/c50-36-15-19-38(20-16-36)52-46-7-3-1-5-40(46)44-28-32(13-23-48(44)52)30-9-11-34-25-35-12-10-31(27-43(35)42(34)26-30)33-14-24-49-45(29-33)41-6-2-4-8-47(41)53(49)39-21-17-37(51)18-22-39/h1-24,26-29H,25H2. The summed E-state index contributed by atoms with van der Waals surface area (Å²) in [5, 5.41) is 4.67. The molecule has 2 heterocycles. The Bertz CT molecular complexity index is 2880. The fraction of sp³-hybridized carbons (Fsp3) is 0.0204. The van der Waals surface area contributed by atoms with E-state index in [1.54, 1.807) is 0 Å². The first-order chi connectivity index (χ1) is 26.1. The Morgan fingerprint density at radius 2 is 0.717 bits per heavy atom. The van der Waals surface area contributed by atoms with Gasteiger partial charge in [-0.3, -0.25) is 0 Å². The van der Waals surface area contributed by atoms with Crippen LogP contribution in [0.3, 0.4) is 0 Å². The van der Waals surface area contributed by atoms with Crippen molar-refractivity contribution in [1.82, 2.24) is 9.13 Å². The number of aromatic nitrogens is 2. The largest absolute Gasteiger partial charge is 0.309 e. The van der Waals surface area contributed by atoms with Crippen molar-refractivity contribution < 1.29 is 8.78 Å². The second-order valence-electron chi connectivity index (χ2n) is 14.0. The summed E-state index contributed by atoms with van der Waals surface area (Å²) in [7, 11) is 0. The van der Waals surface area contributed by atoms with Crippen molar-refractivity contribution in [3.05, 3.63) is 193 Å². The van der Waals surface area contributed by atoms with Crippen LogP contribution in [0.2, 0.25) is 0 Å². The van der Waals surface area contributed by atoms with Crippen LogP contribution in [0.5, 0.6) is 0 Å². The molecule has 0 radical (unpaired) electrons. The molecule has 0 amide bonds. The molecule has 10 aromatic rings. The SMILES string of the molecule is Fc1ccc(-n2c3ccccc3c3cc(-c4ccc5c(c4)-c4cc(-c6ccc7c(c6)c6ccccc6n7-c6ccc(F)cc6)ccc4C5)ccc32)cc1. The van der Waals surface area contributed by atoms with Crippen LogP contribution >= 0.6 is 0 Å². The van der Waals surface area contributed by atoms with Gasteiger partial charge in [-0.25, -0.2) is 8.78 Å². The summed E-state index contributed by atoms with van der Waals surface area (Å²) in [6.45, 7) is 0. The van der Waals surface area contributed by atoms with E-state index in [0.717, 1.165) is 51.0 Å². The summed E-state index contributed by atoms with van der Waals surface area (Å²) >= 11 is 0. The van der Waals surface area contributed by atoms with Crippen LogP contribution in [0, 0.1) is 11.6 Å². The smallest absolute Gasteiger partial charge is 0.123 e. The van der Waals surface area contributed by atoms with E-state index in [0.29, 0.717) is 0 Å². The van der Waals surface area contributed by atoms with E-state index in [1.165, 1.54) is 79.2 Å². The maximum atomic E-state index is 13.8. The van der Waals surface area contributed by atoms with E-state index < -0.39 is 0 Å². The van der Waals surface area contributed by atoms with Gasteiger partial charge in [-0.2, -0.15) is 0 Å². The number of halogens is 2. The van der Waals surface area contributed by atoms with Crippen molar-refractivity contribution >= 4 is 43.6 Å². The van der Waals surface area contributed by atoms with E-state index in [2.05, 4.69) is 130 Å². The topological polar surface area (TPSA) is 9.86 Å². The molecule has 0 N–H and O–H groups in total. The van der Waals surface area contributed by atoms with Crippen LogP contribution in [-0.2, 0) is 6.42 Å². The fourth-order valence-corrected chi connectivity index (χ4v) is 8.57. The Balaban J connectivity index is 1.00. The molecule has 0 aliphatic heterocycles. The molecule has 0 saturated carbocycles. The van der Waals surface area contributed by atoms with Gasteiger partial charge in [0, 0.05) is 32.9 Å². The Morgan fingerprint density at radius 3 is 1.17 bits per heavy atom. The summed E-state index contributed by atoms with van der Waals surface area (Å²) in [5.41, 5.74) is 16.2. The zero-order valence-corrected chi connectivity index (χ0v) is 28.5. The number of rotatable bonds is 4. The minimum Gasteiger partial charge on any atom is -0.309 e. The van der Waals surface area contributed by atoms with Gasteiger partial charge in [0.2, 0.25) is 0 Å². The summed E-state index contributed by atoms with van der Waals surface area (Å²) in [4.78, 5) is 0.